The van der Waals surface area contributed by atoms with Gasteiger partial charge in [-0.3, -0.25) is 0 Å². The topological polar surface area (TPSA) is 41.7 Å². The summed E-state index contributed by atoms with van der Waals surface area (Å²) in [6.07, 6.45) is -0.257. The van der Waals surface area contributed by atoms with Crippen molar-refractivity contribution in [3.05, 3.63) is 199 Å². The molecule has 1 atom stereocenters. The molecule has 1 unspecified atom stereocenters. The molecule has 0 spiro atoms. The predicted octanol–water partition coefficient (Wildman–Crippen LogP) is 13.7. The Morgan fingerprint density at radius 2 is 1.00 bits per heavy atom. The first kappa shape index (κ1) is 32.4. The quantitative estimate of drug-likeness (QED) is 0.186. The number of thiophene rings is 2. The van der Waals surface area contributed by atoms with E-state index >= 15 is 0 Å². The van der Waals surface area contributed by atoms with E-state index in [4.69, 9.17) is 9.98 Å². The molecule has 0 radical (unpaired) electrons. The molecule has 12 rings (SSSR count). The van der Waals surface area contributed by atoms with E-state index in [1.54, 1.807) is 0 Å². The van der Waals surface area contributed by atoms with Gasteiger partial charge in [-0.25, -0.2) is 9.98 Å². The molecule has 0 fully saturated rings. The number of aromatic nitrogens is 1. The lowest BCUT2D eigenvalue weighted by atomic mass is 9.99. The Morgan fingerprint density at radius 1 is 0.456 bits per heavy atom. The Hall–Kier alpha value is -6.86. The van der Waals surface area contributed by atoms with Gasteiger partial charge >= 0.3 is 0 Å². The number of fused-ring (bicyclic) bond motifs is 9. The average molecular weight is 765 g/mol. The van der Waals surface area contributed by atoms with Crippen LogP contribution in [0.2, 0.25) is 0 Å². The van der Waals surface area contributed by atoms with Crippen LogP contribution < -0.4 is 5.32 Å². The van der Waals surface area contributed by atoms with E-state index in [2.05, 4.69) is 180 Å². The Bertz CT molecular complexity index is 3390. The van der Waals surface area contributed by atoms with Crippen LogP contribution in [0.1, 0.15) is 22.9 Å². The molecular weight excluding hydrogens is 733 g/mol. The van der Waals surface area contributed by atoms with Crippen molar-refractivity contribution in [3.8, 4) is 16.8 Å². The molecule has 0 saturated carbocycles. The fourth-order valence-corrected chi connectivity index (χ4v) is 11.3. The number of hydrogen-bond donors (Lipinski definition) is 1. The van der Waals surface area contributed by atoms with Crippen LogP contribution in [0, 0.1) is 0 Å². The number of benzene rings is 8. The lowest BCUT2D eigenvalue weighted by Crippen LogP contribution is -2.33. The molecule has 268 valence electrons. The molecule has 0 bridgehead atoms. The van der Waals surface area contributed by atoms with Crippen molar-refractivity contribution in [1.82, 2.24) is 9.88 Å². The largest absolute Gasteiger partial charge is 0.344 e. The molecule has 3 aromatic heterocycles. The van der Waals surface area contributed by atoms with E-state index in [1.165, 1.54) is 79.0 Å². The third-order valence-corrected chi connectivity index (χ3v) is 13.8. The van der Waals surface area contributed by atoms with Crippen molar-refractivity contribution in [2.45, 2.75) is 6.17 Å². The summed E-state index contributed by atoms with van der Waals surface area (Å²) in [4.78, 5) is 10.4. The highest BCUT2D eigenvalue weighted by molar-refractivity contribution is 7.27. The van der Waals surface area contributed by atoms with Crippen molar-refractivity contribution in [1.29, 1.82) is 0 Å². The molecule has 0 aliphatic carbocycles. The van der Waals surface area contributed by atoms with Crippen molar-refractivity contribution < 1.29 is 0 Å². The van der Waals surface area contributed by atoms with Crippen molar-refractivity contribution in [3.63, 3.8) is 0 Å². The van der Waals surface area contributed by atoms with E-state index in [-0.39, 0.29) is 6.17 Å². The van der Waals surface area contributed by atoms with Gasteiger partial charge < -0.3 is 9.88 Å². The molecule has 0 saturated heterocycles. The maximum atomic E-state index is 5.26. The van der Waals surface area contributed by atoms with Crippen LogP contribution in [0.15, 0.2) is 192 Å². The van der Waals surface area contributed by atoms with Gasteiger partial charge in [-0.15, -0.1) is 22.7 Å². The Kier molecular flexibility index (Phi) is 7.30. The highest BCUT2D eigenvalue weighted by Gasteiger charge is 2.24. The van der Waals surface area contributed by atoms with Crippen LogP contribution in [0.25, 0.3) is 79.0 Å². The first-order chi connectivity index (χ1) is 28.3. The number of amidine groups is 2. The number of nitrogens with zero attached hydrogens (tertiary/aromatic N) is 3. The minimum absolute atomic E-state index is 0.257. The molecule has 11 aromatic rings. The number of nitrogens with one attached hydrogen (secondary N) is 1. The Labute approximate surface area is 336 Å². The molecule has 4 heterocycles. The average Bonchev–Trinajstić information content (AvgIpc) is 3.97. The van der Waals surface area contributed by atoms with Gasteiger partial charge in [0.1, 0.15) is 12.0 Å². The summed E-state index contributed by atoms with van der Waals surface area (Å²) >= 11 is 3.74. The number of para-hydroxylation sites is 2. The lowest BCUT2D eigenvalue weighted by Gasteiger charge is -2.23. The third-order valence-electron chi connectivity index (χ3n) is 11.3. The molecule has 1 aliphatic rings. The Morgan fingerprint density at radius 3 is 1.70 bits per heavy atom. The van der Waals surface area contributed by atoms with Crippen LogP contribution in [0.5, 0.6) is 0 Å². The van der Waals surface area contributed by atoms with Gasteiger partial charge in [-0.05, 0) is 35.9 Å². The molecular formula is C51H32N4S2. The number of hydrogen-bond acceptors (Lipinski definition) is 5. The van der Waals surface area contributed by atoms with Gasteiger partial charge in [-0.1, -0.05) is 152 Å². The van der Waals surface area contributed by atoms with Crippen molar-refractivity contribution >= 4 is 96.5 Å². The van der Waals surface area contributed by atoms with Crippen LogP contribution in [-0.2, 0) is 0 Å². The van der Waals surface area contributed by atoms with E-state index in [1.807, 2.05) is 34.8 Å². The van der Waals surface area contributed by atoms with E-state index < -0.39 is 0 Å². The van der Waals surface area contributed by atoms with Gasteiger partial charge in [0.15, 0.2) is 5.84 Å². The van der Waals surface area contributed by atoms with Crippen LogP contribution in [0.4, 0.5) is 0 Å². The fourth-order valence-electron chi connectivity index (χ4n) is 8.74. The monoisotopic (exact) mass is 764 g/mol. The summed E-state index contributed by atoms with van der Waals surface area (Å²) in [5.74, 6) is 1.56. The van der Waals surface area contributed by atoms with Crippen LogP contribution in [0.3, 0.4) is 0 Å². The van der Waals surface area contributed by atoms with Crippen molar-refractivity contribution in [2.75, 3.05) is 0 Å². The minimum Gasteiger partial charge on any atom is -0.344 e. The van der Waals surface area contributed by atoms with Crippen molar-refractivity contribution in [2.24, 2.45) is 9.98 Å². The Balaban J connectivity index is 1.05. The second-order valence-electron chi connectivity index (χ2n) is 14.5. The molecule has 0 amide bonds. The zero-order valence-electron chi connectivity index (χ0n) is 30.6. The van der Waals surface area contributed by atoms with E-state index in [9.17, 15) is 0 Å². The summed E-state index contributed by atoms with van der Waals surface area (Å²) in [5, 5.41) is 11.2. The van der Waals surface area contributed by atoms with Crippen LogP contribution in [-0.4, -0.2) is 16.2 Å². The van der Waals surface area contributed by atoms with Gasteiger partial charge in [0.05, 0.1) is 16.7 Å². The summed E-state index contributed by atoms with van der Waals surface area (Å²) in [6.45, 7) is 0. The zero-order chi connectivity index (χ0) is 37.5. The number of aliphatic imine (C=N–C) groups is 2. The molecule has 4 nitrogen and oxygen atoms in total. The summed E-state index contributed by atoms with van der Waals surface area (Å²) in [6, 6.07) is 65.3. The standard InChI is InChI=1S/C51H32N4S2/c1-3-15-31(16-4-1)49-52-50(32-17-5-2-6-18-32)54-51(53-49)40-26-13-24-38-36-22-11-21-35(46(36)57-48(38)40)37-23-12-25-39-45-43(29-14-30-44(45)56-47(37)39)55-41-27-9-7-19-33(41)34-20-8-10-28-42(34)55/h1-30,49H,(H,52,53,54). The van der Waals surface area contributed by atoms with Gasteiger partial charge in [-0.2, -0.15) is 0 Å². The highest BCUT2D eigenvalue weighted by atomic mass is 32.1. The lowest BCUT2D eigenvalue weighted by molar-refractivity contribution is 0.674. The second kappa shape index (κ2) is 12.8. The summed E-state index contributed by atoms with van der Waals surface area (Å²) < 4.78 is 7.51. The normalized spacial score (nSPS) is 14.5. The van der Waals surface area contributed by atoms with E-state index in [0.717, 1.165) is 28.4 Å². The smallest absolute Gasteiger partial charge is 0.160 e. The van der Waals surface area contributed by atoms with Crippen LogP contribution >= 0.6 is 22.7 Å². The molecule has 1 aliphatic heterocycles. The first-order valence-corrected chi connectivity index (χ1v) is 20.8. The maximum absolute atomic E-state index is 5.26. The molecule has 1 N–H and O–H groups in total. The first-order valence-electron chi connectivity index (χ1n) is 19.2. The summed E-state index contributed by atoms with van der Waals surface area (Å²) in [5.41, 5.74) is 9.35. The number of rotatable bonds is 5. The maximum Gasteiger partial charge on any atom is 0.160 e. The SMILES string of the molecule is c1ccc(C2=NC(c3cccc4c3sc3c(-c5cccc6c5sc5cccc(-n7c8ccccc8c8ccccc87)c56)cccc34)=NC(c3ccccc3)N2)cc1. The highest BCUT2D eigenvalue weighted by Crippen LogP contribution is 2.47. The molecule has 57 heavy (non-hydrogen) atoms. The van der Waals surface area contributed by atoms with E-state index in [0.29, 0.717) is 0 Å². The minimum atomic E-state index is -0.257. The van der Waals surface area contributed by atoms with Gasteiger partial charge in [0, 0.05) is 73.4 Å². The predicted molar refractivity (Wildman–Crippen MR) is 244 cm³/mol. The zero-order valence-corrected chi connectivity index (χ0v) is 32.2. The van der Waals surface area contributed by atoms with Gasteiger partial charge in [0.2, 0.25) is 0 Å². The summed E-state index contributed by atoms with van der Waals surface area (Å²) in [7, 11) is 0. The third kappa shape index (κ3) is 5.04. The second-order valence-corrected chi connectivity index (χ2v) is 16.6. The van der Waals surface area contributed by atoms with Gasteiger partial charge in [0.25, 0.3) is 0 Å². The molecule has 6 heteroatoms. The fraction of sp³-hybridized carbons (Fsp3) is 0.0196. The molecule has 8 aromatic carbocycles.